The standard InChI is InChI=1S/C27H35NO3/c1-5-31-26(30)27(17-11-19-28(21(4)29)18-10-12-20(2)3)24-15-8-6-13-22(24)23-14-7-9-16-25(23)27/h6-9,13-16,20H,5,10-12,17-19H2,1-4H3. The van der Waals surface area contributed by atoms with Crippen molar-refractivity contribution in [3.8, 4) is 11.1 Å². The van der Waals surface area contributed by atoms with Gasteiger partial charge >= 0.3 is 5.97 Å². The fourth-order valence-corrected chi connectivity index (χ4v) is 4.82. The first-order valence-corrected chi connectivity index (χ1v) is 11.5. The molecule has 2 aromatic rings. The second-order valence-electron chi connectivity index (χ2n) is 8.86. The van der Waals surface area contributed by atoms with Gasteiger partial charge in [0.25, 0.3) is 0 Å². The molecule has 4 heteroatoms. The summed E-state index contributed by atoms with van der Waals surface area (Å²) in [5, 5.41) is 0. The van der Waals surface area contributed by atoms with Crippen molar-refractivity contribution in [2.45, 2.75) is 58.8 Å². The van der Waals surface area contributed by atoms with Gasteiger partial charge in [-0.2, -0.15) is 0 Å². The molecule has 1 aliphatic rings. The molecule has 0 radical (unpaired) electrons. The second-order valence-corrected chi connectivity index (χ2v) is 8.86. The Labute approximate surface area is 186 Å². The van der Waals surface area contributed by atoms with Crippen molar-refractivity contribution in [2.24, 2.45) is 5.92 Å². The average molecular weight is 422 g/mol. The van der Waals surface area contributed by atoms with Crippen molar-refractivity contribution < 1.29 is 14.3 Å². The molecule has 2 aromatic carbocycles. The monoisotopic (exact) mass is 421 g/mol. The van der Waals surface area contributed by atoms with Gasteiger partial charge in [0.1, 0.15) is 5.41 Å². The predicted octanol–water partition coefficient (Wildman–Crippen LogP) is 5.58. The number of ether oxygens (including phenoxy) is 1. The lowest BCUT2D eigenvalue weighted by Crippen LogP contribution is -2.39. The first kappa shape index (κ1) is 23.1. The highest BCUT2D eigenvalue weighted by atomic mass is 16.5. The summed E-state index contributed by atoms with van der Waals surface area (Å²) in [5.74, 6) is 0.537. The van der Waals surface area contributed by atoms with E-state index in [1.54, 1.807) is 6.92 Å². The zero-order valence-corrected chi connectivity index (χ0v) is 19.3. The molecule has 4 nitrogen and oxygen atoms in total. The third-order valence-electron chi connectivity index (χ3n) is 6.32. The molecule has 0 bridgehead atoms. The van der Waals surface area contributed by atoms with E-state index in [-0.39, 0.29) is 11.9 Å². The van der Waals surface area contributed by atoms with Crippen molar-refractivity contribution in [2.75, 3.05) is 19.7 Å². The van der Waals surface area contributed by atoms with Crippen molar-refractivity contribution >= 4 is 11.9 Å². The van der Waals surface area contributed by atoms with Gasteiger partial charge in [-0.15, -0.1) is 0 Å². The quantitative estimate of drug-likeness (QED) is 0.470. The summed E-state index contributed by atoms with van der Waals surface area (Å²) in [6.07, 6.45) is 3.47. The summed E-state index contributed by atoms with van der Waals surface area (Å²) in [6, 6.07) is 16.3. The Kier molecular flexibility index (Phi) is 7.53. The van der Waals surface area contributed by atoms with Gasteiger partial charge < -0.3 is 9.64 Å². The highest BCUT2D eigenvalue weighted by Gasteiger charge is 2.49. The maximum atomic E-state index is 13.4. The molecule has 0 aliphatic heterocycles. The fraction of sp³-hybridized carbons (Fsp3) is 0.481. The number of amides is 1. The number of hydrogen-bond donors (Lipinski definition) is 0. The van der Waals surface area contributed by atoms with Gasteiger partial charge in [0.2, 0.25) is 5.91 Å². The molecule has 0 N–H and O–H groups in total. The van der Waals surface area contributed by atoms with Crippen LogP contribution in [0.1, 0.15) is 64.5 Å². The van der Waals surface area contributed by atoms with Gasteiger partial charge in [0.15, 0.2) is 0 Å². The van der Waals surface area contributed by atoms with E-state index in [1.165, 1.54) is 0 Å². The van der Waals surface area contributed by atoms with E-state index in [9.17, 15) is 9.59 Å². The molecule has 0 saturated heterocycles. The second kappa shape index (κ2) is 10.1. The fourth-order valence-electron chi connectivity index (χ4n) is 4.82. The third-order valence-corrected chi connectivity index (χ3v) is 6.32. The van der Waals surface area contributed by atoms with Crippen LogP contribution >= 0.6 is 0 Å². The largest absolute Gasteiger partial charge is 0.465 e. The van der Waals surface area contributed by atoms with E-state index in [2.05, 4.69) is 38.1 Å². The molecule has 0 spiro atoms. The van der Waals surface area contributed by atoms with Crippen LogP contribution in [0.5, 0.6) is 0 Å². The molecular formula is C27H35NO3. The van der Waals surface area contributed by atoms with Crippen molar-refractivity contribution in [3.63, 3.8) is 0 Å². The maximum Gasteiger partial charge on any atom is 0.321 e. The first-order valence-electron chi connectivity index (χ1n) is 11.5. The molecule has 0 heterocycles. The van der Waals surface area contributed by atoms with Gasteiger partial charge in [0, 0.05) is 20.0 Å². The Morgan fingerprint density at radius 2 is 1.48 bits per heavy atom. The molecule has 1 amide bonds. The van der Waals surface area contributed by atoms with Crippen LogP contribution in [-0.2, 0) is 19.7 Å². The number of carbonyl (C=O) groups is 2. The predicted molar refractivity (Wildman–Crippen MR) is 125 cm³/mol. The lowest BCUT2D eigenvalue weighted by molar-refractivity contribution is -0.148. The van der Waals surface area contributed by atoms with Crippen LogP contribution in [0.3, 0.4) is 0 Å². The van der Waals surface area contributed by atoms with Crippen LogP contribution in [0, 0.1) is 5.92 Å². The van der Waals surface area contributed by atoms with Crippen LogP contribution in [0.2, 0.25) is 0 Å². The Bertz CT molecular complexity index is 873. The van der Waals surface area contributed by atoms with Crippen molar-refractivity contribution in [1.29, 1.82) is 0 Å². The van der Waals surface area contributed by atoms with E-state index in [0.29, 0.717) is 25.5 Å². The highest BCUT2D eigenvalue weighted by molar-refractivity contribution is 5.98. The first-order chi connectivity index (χ1) is 14.9. The van der Waals surface area contributed by atoms with Gasteiger partial charge in [-0.25, -0.2) is 0 Å². The average Bonchev–Trinajstić information content (AvgIpc) is 3.04. The topological polar surface area (TPSA) is 46.6 Å². The van der Waals surface area contributed by atoms with Crippen LogP contribution in [0.25, 0.3) is 11.1 Å². The Hall–Kier alpha value is -2.62. The van der Waals surface area contributed by atoms with Crippen LogP contribution in [-0.4, -0.2) is 36.5 Å². The van der Waals surface area contributed by atoms with Crippen molar-refractivity contribution in [3.05, 3.63) is 59.7 Å². The summed E-state index contributed by atoms with van der Waals surface area (Å²) in [4.78, 5) is 27.6. The maximum absolute atomic E-state index is 13.4. The van der Waals surface area contributed by atoms with E-state index in [4.69, 9.17) is 4.74 Å². The minimum atomic E-state index is -0.816. The molecule has 0 atom stereocenters. The summed E-state index contributed by atoms with van der Waals surface area (Å²) in [7, 11) is 0. The van der Waals surface area contributed by atoms with Crippen molar-refractivity contribution in [1.82, 2.24) is 4.90 Å². The molecule has 0 aromatic heterocycles. The zero-order valence-electron chi connectivity index (χ0n) is 19.3. The number of rotatable bonds is 10. The van der Waals surface area contributed by atoms with Crippen LogP contribution in [0.4, 0.5) is 0 Å². The number of benzene rings is 2. The van der Waals surface area contributed by atoms with Gasteiger partial charge in [-0.3, -0.25) is 9.59 Å². The Morgan fingerprint density at radius 1 is 0.935 bits per heavy atom. The molecule has 0 fully saturated rings. The molecule has 3 rings (SSSR count). The lowest BCUT2D eigenvalue weighted by Gasteiger charge is -2.31. The molecular weight excluding hydrogens is 386 g/mol. The van der Waals surface area contributed by atoms with E-state index < -0.39 is 5.41 Å². The van der Waals surface area contributed by atoms with Crippen LogP contribution < -0.4 is 0 Å². The number of hydrogen-bond acceptors (Lipinski definition) is 3. The van der Waals surface area contributed by atoms with Gasteiger partial charge in [-0.1, -0.05) is 62.4 Å². The normalized spacial score (nSPS) is 13.6. The summed E-state index contributed by atoms with van der Waals surface area (Å²) in [5.41, 5.74) is 3.43. The van der Waals surface area contributed by atoms with E-state index in [1.807, 2.05) is 36.1 Å². The van der Waals surface area contributed by atoms with E-state index in [0.717, 1.165) is 48.1 Å². The third kappa shape index (κ3) is 4.68. The molecule has 166 valence electrons. The summed E-state index contributed by atoms with van der Waals surface area (Å²) in [6.45, 7) is 9.67. The highest BCUT2D eigenvalue weighted by Crippen LogP contribution is 2.51. The number of esters is 1. The Balaban J connectivity index is 1.87. The SMILES string of the molecule is CCOC(=O)C1(CCCN(CCCC(C)C)C(C)=O)c2ccccc2-c2ccccc21. The van der Waals surface area contributed by atoms with E-state index >= 15 is 0 Å². The number of fused-ring (bicyclic) bond motifs is 3. The van der Waals surface area contributed by atoms with Gasteiger partial charge in [-0.05, 0) is 60.8 Å². The smallest absolute Gasteiger partial charge is 0.321 e. The zero-order chi connectivity index (χ0) is 22.4. The minimum absolute atomic E-state index is 0.0983. The minimum Gasteiger partial charge on any atom is -0.465 e. The molecule has 0 unspecified atom stereocenters. The lowest BCUT2D eigenvalue weighted by atomic mass is 9.74. The summed E-state index contributed by atoms with van der Waals surface area (Å²) < 4.78 is 5.62. The number of nitrogens with zero attached hydrogens (tertiary/aromatic N) is 1. The summed E-state index contributed by atoms with van der Waals surface area (Å²) >= 11 is 0. The van der Waals surface area contributed by atoms with Crippen LogP contribution in [0.15, 0.2) is 48.5 Å². The molecule has 0 saturated carbocycles. The Morgan fingerprint density at radius 3 is 2.00 bits per heavy atom. The molecule has 1 aliphatic carbocycles. The van der Waals surface area contributed by atoms with Gasteiger partial charge in [0.05, 0.1) is 6.61 Å². The molecule has 31 heavy (non-hydrogen) atoms. The number of carbonyl (C=O) groups excluding carboxylic acids is 2.